The molecule has 6 nitrogen and oxygen atoms in total. The van der Waals surface area contributed by atoms with Crippen molar-refractivity contribution in [2.75, 3.05) is 0 Å². The molecule has 3 rings (SSSR count). The van der Waals surface area contributed by atoms with Gasteiger partial charge in [0, 0.05) is 18.0 Å². The summed E-state index contributed by atoms with van der Waals surface area (Å²) in [6.45, 7) is 3.99. The molecular formula is C19H17N3O3S. The molecule has 0 saturated heterocycles. The van der Waals surface area contributed by atoms with Crippen molar-refractivity contribution in [3.63, 3.8) is 0 Å². The summed E-state index contributed by atoms with van der Waals surface area (Å²) < 4.78 is 1.84. The number of para-hydroxylation sites is 1. The number of amides is 1. The van der Waals surface area contributed by atoms with Gasteiger partial charge in [-0.1, -0.05) is 42.0 Å². The van der Waals surface area contributed by atoms with Crippen LogP contribution >= 0.6 is 11.3 Å². The molecular weight excluding hydrogens is 350 g/mol. The van der Waals surface area contributed by atoms with Crippen molar-refractivity contribution in [3.8, 4) is 11.3 Å². The van der Waals surface area contributed by atoms with Crippen LogP contribution in [-0.2, 0) is 7.05 Å². The molecule has 0 N–H and O–H groups in total. The van der Waals surface area contributed by atoms with E-state index in [9.17, 15) is 14.9 Å². The highest BCUT2D eigenvalue weighted by molar-refractivity contribution is 7.09. The van der Waals surface area contributed by atoms with Crippen LogP contribution in [0.1, 0.15) is 20.8 Å². The molecule has 0 aliphatic carbocycles. The normalized spacial score (nSPS) is 11.6. The first-order valence-corrected chi connectivity index (χ1v) is 8.76. The number of thiazole rings is 1. The second-order valence-electron chi connectivity index (χ2n) is 5.91. The number of rotatable bonds is 3. The summed E-state index contributed by atoms with van der Waals surface area (Å²) in [6.07, 6.45) is 0. The van der Waals surface area contributed by atoms with Gasteiger partial charge in [0.05, 0.1) is 10.6 Å². The monoisotopic (exact) mass is 367 g/mol. The zero-order valence-corrected chi connectivity index (χ0v) is 15.4. The first-order chi connectivity index (χ1) is 12.4. The zero-order valence-electron chi connectivity index (χ0n) is 14.6. The van der Waals surface area contributed by atoms with E-state index in [1.54, 1.807) is 6.07 Å². The third kappa shape index (κ3) is 3.34. The summed E-state index contributed by atoms with van der Waals surface area (Å²) in [5.74, 6) is -0.621. The van der Waals surface area contributed by atoms with Crippen molar-refractivity contribution in [1.82, 2.24) is 4.57 Å². The van der Waals surface area contributed by atoms with Crippen LogP contribution in [0, 0.1) is 24.0 Å². The van der Waals surface area contributed by atoms with Crippen molar-refractivity contribution in [1.29, 1.82) is 0 Å². The zero-order chi connectivity index (χ0) is 18.8. The number of aryl methyl sites for hydroxylation is 2. The fourth-order valence-corrected chi connectivity index (χ4v) is 3.73. The highest BCUT2D eigenvalue weighted by Gasteiger charge is 2.19. The Labute approximate surface area is 154 Å². The predicted octanol–water partition coefficient (Wildman–Crippen LogP) is 4.02. The highest BCUT2D eigenvalue weighted by Crippen LogP contribution is 2.25. The average molecular weight is 367 g/mol. The summed E-state index contributed by atoms with van der Waals surface area (Å²) in [6, 6.07) is 14.0. The third-order valence-electron chi connectivity index (χ3n) is 4.05. The molecule has 0 bridgehead atoms. The van der Waals surface area contributed by atoms with Crippen LogP contribution in [0.5, 0.6) is 0 Å². The van der Waals surface area contributed by atoms with Gasteiger partial charge < -0.3 is 4.57 Å². The molecule has 132 valence electrons. The Hall–Kier alpha value is -3.06. The molecule has 26 heavy (non-hydrogen) atoms. The van der Waals surface area contributed by atoms with E-state index in [-0.39, 0.29) is 11.3 Å². The lowest BCUT2D eigenvalue weighted by Gasteiger charge is -2.05. The van der Waals surface area contributed by atoms with Crippen LogP contribution in [0.25, 0.3) is 11.3 Å². The van der Waals surface area contributed by atoms with Gasteiger partial charge in [-0.2, -0.15) is 4.99 Å². The maximum Gasteiger partial charge on any atom is 0.286 e. The summed E-state index contributed by atoms with van der Waals surface area (Å²) in [5.41, 5.74) is 2.92. The summed E-state index contributed by atoms with van der Waals surface area (Å²) in [4.78, 5) is 28.7. The number of benzene rings is 2. The van der Waals surface area contributed by atoms with E-state index in [4.69, 9.17) is 0 Å². The van der Waals surface area contributed by atoms with E-state index in [1.165, 1.54) is 35.1 Å². The molecule has 0 radical (unpaired) electrons. The minimum absolute atomic E-state index is 0.0135. The van der Waals surface area contributed by atoms with E-state index >= 15 is 0 Å². The third-order valence-corrected chi connectivity index (χ3v) is 5.10. The maximum atomic E-state index is 12.5. The molecule has 0 atom stereocenters. The van der Waals surface area contributed by atoms with Crippen molar-refractivity contribution in [2.24, 2.45) is 12.0 Å². The standard InChI is InChI=1S/C19H17N3O3S/c1-12-8-10-14(11-9-12)17-13(2)26-19(21(17)3)20-18(23)15-6-4-5-7-16(15)22(24)25/h4-11H,1-3H3. The van der Waals surface area contributed by atoms with Gasteiger partial charge in [-0.3, -0.25) is 14.9 Å². The number of hydrogen-bond donors (Lipinski definition) is 0. The Kier molecular flexibility index (Phi) is 4.81. The van der Waals surface area contributed by atoms with Gasteiger partial charge in [0.25, 0.3) is 11.6 Å². The van der Waals surface area contributed by atoms with Gasteiger partial charge in [-0.15, -0.1) is 11.3 Å². The number of carbonyl (C=O) groups excluding carboxylic acids is 1. The van der Waals surface area contributed by atoms with E-state index in [0.717, 1.165) is 16.1 Å². The van der Waals surface area contributed by atoms with E-state index in [0.29, 0.717) is 4.80 Å². The topological polar surface area (TPSA) is 77.5 Å². The molecule has 0 aliphatic heterocycles. The lowest BCUT2D eigenvalue weighted by molar-refractivity contribution is -0.385. The minimum Gasteiger partial charge on any atom is -0.319 e. The second-order valence-corrected chi connectivity index (χ2v) is 7.09. The van der Waals surface area contributed by atoms with Crippen molar-refractivity contribution < 1.29 is 9.72 Å². The van der Waals surface area contributed by atoms with Gasteiger partial charge >= 0.3 is 0 Å². The van der Waals surface area contributed by atoms with Crippen molar-refractivity contribution in [2.45, 2.75) is 13.8 Å². The summed E-state index contributed by atoms with van der Waals surface area (Å²) >= 11 is 1.38. The van der Waals surface area contributed by atoms with Crippen LogP contribution in [0.2, 0.25) is 0 Å². The number of nitro groups is 1. The fourth-order valence-electron chi connectivity index (χ4n) is 2.75. The Bertz CT molecular complexity index is 1060. The summed E-state index contributed by atoms with van der Waals surface area (Å²) in [7, 11) is 1.84. The van der Waals surface area contributed by atoms with Crippen LogP contribution in [0.3, 0.4) is 0 Å². The first kappa shape index (κ1) is 17.8. The molecule has 3 aromatic rings. The maximum absolute atomic E-state index is 12.5. The predicted molar refractivity (Wildman–Crippen MR) is 101 cm³/mol. The van der Waals surface area contributed by atoms with Crippen molar-refractivity contribution in [3.05, 3.63) is 79.5 Å². The highest BCUT2D eigenvalue weighted by atomic mass is 32.1. The largest absolute Gasteiger partial charge is 0.319 e. The van der Waals surface area contributed by atoms with E-state index in [1.807, 2.05) is 49.7 Å². The number of nitro benzene ring substituents is 1. The molecule has 0 saturated carbocycles. The lowest BCUT2D eigenvalue weighted by Crippen LogP contribution is -2.15. The summed E-state index contributed by atoms with van der Waals surface area (Å²) in [5, 5.41) is 11.1. The van der Waals surface area contributed by atoms with Gasteiger partial charge in [-0.25, -0.2) is 0 Å². The van der Waals surface area contributed by atoms with Gasteiger partial charge in [0.15, 0.2) is 4.80 Å². The minimum atomic E-state index is -0.621. The molecule has 0 spiro atoms. The molecule has 1 heterocycles. The molecule has 7 heteroatoms. The smallest absolute Gasteiger partial charge is 0.286 e. The number of carbonyl (C=O) groups is 1. The number of hydrogen-bond acceptors (Lipinski definition) is 4. The number of aromatic nitrogens is 1. The SMILES string of the molecule is Cc1ccc(-c2c(C)sc(=NC(=O)c3ccccc3[N+](=O)[O-])n2C)cc1. The lowest BCUT2D eigenvalue weighted by atomic mass is 10.1. The van der Waals surface area contributed by atoms with Crippen LogP contribution in [-0.4, -0.2) is 15.4 Å². The average Bonchev–Trinajstić information content (AvgIpc) is 2.89. The van der Waals surface area contributed by atoms with Crippen LogP contribution in [0.15, 0.2) is 53.5 Å². The Morgan fingerprint density at radius 2 is 1.77 bits per heavy atom. The fraction of sp³-hybridized carbons (Fsp3) is 0.158. The molecule has 0 fully saturated rings. The van der Waals surface area contributed by atoms with Crippen molar-refractivity contribution >= 4 is 22.9 Å². The van der Waals surface area contributed by atoms with Gasteiger partial charge in [0.1, 0.15) is 5.56 Å². The second kappa shape index (κ2) is 7.05. The molecule has 1 amide bonds. The van der Waals surface area contributed by atoms with Gasteiger partial charge in [-0.05, 0) is 25.5 Å². The molecule has 2 aromatic carbocycles. The Balaban J connectivity index is 2.08. The van der Waals surface area contributed by atoms with Crippen LogP contribution in [0.4, 0.5) is 5.69 Å². The van der Waals surface area contributed by atoms with Gasteiger partial charge in [0.2, 0.25) is 0 Å². The first-order valence-electron chi connectivity index (χ1n) is 7.94. The molecule has 0 aliphatic rings. The Morgan fingerprint density at radius 3 is 2.42 bits per heavy atom. The molecule has 1 aromatic heterocycles. The Morgan fingerprint density at radius 1 is 1.12 bits per heavy atom. The van der Waals surface area contributed by atoms with E-state index in [2.05, 4.69) is 4.99 Å². The molecule has 0 unspecified atom stereocenters. The quantitative estimate of drug-likeness (QED) is 0.518. The van der Waals surface area contributed by atoms with Crippen LogP contribution < -0.4 is 4.80 Å². The van der Waals surface area contributed by atoms with E-state index < -0.39 is 10.8 Å². The number of nitrogens with zero attached hydrogens (tertiary/aromatic N) is 3.